The van der Waals surface area contributed by atoms with Crippen molar-refractivity contribution in [2.45, 2.75) is 18.6 Å². The molecule has 0 aliphatic heterocycles. The quantitative estimate of drug-likeness (QED) is 0.731. The summed E-state index contributed by atoms with van der Waals surface area (Å²) in [4.78, 5) is 0. The van der Waals surface area contributed by atoms with Crippen LogP contribution in [0.5, 0.6) is 5.75 Å². The molecule has 0 heterocycles. The van der Waals surface area contributed by atoms with Crippen molar-refractivity contribution in [2.75, 3.05) is 0 Å². The van der Waals surface area contributed by atoms with Crippen LogP contribution in [-0.4, -0.2) is 6.36 Å². The minimum absolute atomic E-state index is 0. The van der Waals surface area contributed by atoms with Gasteiger partial charge in [0.1, 0.15) is 11.6 Å². The first kappa shape index (κ1) is 21.0. The lowest BCUT2D eigenvalue weighted by molar-refractivity contribution is -0.274. The topological polar surface area (TPSA) is 35.2 Å². The maximum Gasteiger partial charge on any atom is 0.573 e. The highest BCUT2D eigenvalue weighted by Gasteiger charge is 2.32. The predicted octanol–water partition coefficient (Wildman–Crippen LogP) is 5.21. The minimum Gasteiger partial charge on any atom is -0.406 e. The normalized spacial score (nSPS) is 13.1. The fourth-order valence-electron chi connectivity index (χ4n) is 2.01. The summed E-state index contributed by atoms with van der Waals surface area (Å²) in [7, 11) is 0. The molecule has 0 aliphatic carbocycles. The largest absolute Gasteiger partial charge is 0.573 e. The number of halogens is 8. The smallest absolute Gasteiger partial charge is 0.406 e. The number of hydrogen-bond donors (Lipinski definition) is 1. The van der Waals surface area contributed by atoms with Crippen LogP contribution in [-0.2, 0) is 6.18 Å². The molecule has 1 atom stereocenters. The van der Waals surface area contributed by atoms with Crippen molar-refractivity contribution < 1.29 is 35.5 Å². The van der Waals surface area contributed by atoms with Gasteiger partial charge in [0.15, 0.2) is 0 Å². The monoisotopic (exact) mass is 389 g/mol. The molecule has 2 nitrogen and oxygen atoms in total. The van der Waals surface area contributed by atoms with Gasteiger partial charge in [-0.3, -0.25) is 0 Å². The molecule has 0 aliphatic rings. The Labute approximate surface area is 143 Å². The molecule has 2 rings (SSSR count). The number of rotatable bonds is 3. The molecule has 138 valence electrons. The first-order valence-corrected chi connectivity index (χ1v) is 6.45. The first-order valence-electron chi connectivity index (χ1n) is 6.45. The summed E-state index contributed by atoms with van der Waals surface area (Å²) in [5, 5.41) is 0. The van der Waals surface area contributed by atoms with E-state index in [2.05, 4.69) is 4.74 Å². The van der Waals surface area contributed by atoms with E-state index in [0.717, 1.165) is 18.2 Å². The van der Waals surface area contributed by atoms with E-state index >= 15 is 0 Å². The molecule has 0 fully saturated rings. The van der Waals surface area contributed by atoms with Gasteiger partial charge in [0, 0.05) is 5.56 Å². The van der Waals surface area contributed by atoms with Gasteiger partial charge in [-0.25, -0.2) is 4.39 Å². The van der Waals surface area contributed by atoms with E-state index in [1.165, 1.54) is 12.1 Å². The van der Waals surface area contributed by atoms with Gasteiger partial charge in [0.05, 0.1) is 11.6 Å². The van der Waals surface area contributed by atoms with Gasteiger partial charge in [-0.15, -0.1) is 25.6 Å². The van der Waals surface area contributed by atoms with E-state index in [1.807, 2.05) is 0 Å². The van der Waals surface area contributed by atoms with E-state index in [0.29, 0.717) is 12.1 Å². The zero-order chi connectivity index (χ0) is 18.1. The molecular weight excluding hydrogens is 379 g/mol. The fourth-order valence-corrected chi connectivity index (χ4v) is 2.01. The van der Waals surface area contributed by atoms with E-state index in [9.17, 15) is 30.7 Å². The number of nitrogens with two attached hydrogens (primary N) is 1. The van der Waals surface area contributed by atoms with Crippen LogP contribution in [0.4, 0.5) is 30.7 Å². The summed E-state index contributed by atoms with van der Waals surface area (Å²) in [5.41, 5.74) is 4.60. The maximum atomic E-state index is 13.9. The third-order valence-corrected chi connectivity index (χ3v) is 3.14. The molecule has 0 unspecified atom stereocenters. The molecule has 2 aromatic carbocycles. The van der Waals surface area contributed by atoms with E-state index in [4.69, 9.17) is 5.73 Å². The second kappa shape index (κ2) is 7.49. The summed E-state index contributed by atoms with van der Waals surface area (Å²) < 4.78 is 91.2. The Morgan fingerprint density at radius 1 is 0.880 bits per heavy atom. The van der Waals surface area contributed by atoms with Crippen molar-refractivity contribution in [3.8, 4) is 5.75 Å². The van der Waals surface area contributed by atoms with Gasteiger partial charge in [-0.05, 0) is 29.8 Å². The minimum atomic E-state index is -4.86. The zero-order valence-electron chi connectivity index (χ0n) is 12.2. The van der Waals surface area contributed by atoms with Crippen molar-refractivity contribution in [1.29, 1.82) is 0 Å². The third-order valence-electron chi connectivity index (χ3n) is 3.14. The lowest BCUT2D eigenvalue weighted by Gasteiger charge is -2.16. The van der Waals surface area contributed by atoms with Gasteiger partial charge in [-0.1, -0.05) is 18.2 Å². The highest BCUT2D eigenvalue weighted by atomic mass is 35.5. The summed E-state index contributed by atoms with van der Waals surface area (Å²) in [5.74, 6) is -1.65. The first-order chi connectivity index (χ1) is 11.0. The van der Waals surface area contributed by atoms with Crippen LogP contribution in [0.15, 0.2) is 42.5 Å². The van der Waals surface area contributed by atoms with Crippen LogP contribution in [0.25, 0.3) is 0 Å². The summed E-state index contributed by atoms with van der Waals surface area (Å²) in [6, 6.07) is 5.03. The molecule has 2 aromatic rings. The highest BCUT2D eigenvalue weighted by Crippen LogP contribution is 2.32. The molecule has 10 heteroatoms. The second-order valence-corrected chi connectivity index (χ2v) is 4.83. The van der Waals surface area contributed by atoms with Gasteiger partial charge in [0.25, 0.3) is 0 Å². The molecule has 2 N–H and O–H groups in total. The third kappa shape index (κ3) is 5.50. The van der Waals surface area contributed by atoms with E-state index < -0.39 is 35.7 Å². The van der Waals surface area contributed by atoms with Crippen LogP contribution < -0.4 is 10.5 Å². The number of benzene rings is 2. The molecule has 0 radical (unpaired) electrons. The Kier molecular flexibility index (Phi) is 6.30. The number of ether oxygens (including phenoxy) is 1. The van der Waals surface area contributed by atoms with Crippen LogP contribution >= 0.6 is 12.4 Å². The molecule has 0 saturated carbocycles. The van der Waals surface area contributed by atoms with Gasteiger partial charge < -0.3 is 10.5 Å². The van der Waals surface area contributed by atoms with E-state index in [-0.39, 0.29) is 23.5 Å². The second-order valence-electron chi connectivity index (χ2n) is 4.83. The summed E-state index contributed by atoms with van der Waals surface area (Å²) in [6.45, 7) is 0. The fraction of sp³-hybridized carbons (Fsp3) is 0.200. The van der Waals surface area contributed by atoms with E-state index in [1.54, 1.807) is 0 Å². The van der Waals surface area contributed by atoms with Gasteiger partial charge >= 0.3 is 12.5 Å². The molecule has 0 amide bonds. The zero-order valence-corrected chi connectivity index (χ0v) is 13.0. The van der Waals surface area contributed by atoms with Crippen molar-refractivity contribution in [2.24, 2.45) is 5.73 Å². The molecule has 25 heavy (non-hydrogen) atoms. The van der Waals surface area contributed by atoms with Crippen molar-refractivity contribution in [3.05, 3.63) is 65.0 Å². The molecule has 0 aromatic heterocycles. The summed E-state index contributed by atoms with van der Waals surface area (Å²) >= 11 is 0. The van der Waals surface area contributed by atoms with Crippen LogP contribution in [0, 0.1) is 5.82 Å². The van der Waals surface area contributed by atoms with Crippen molar-refractivity contribution >= 4 is 12.4 Å². The van der Waals surface area contributed by atoms with Gasteiger partial charge in [-0.2, -0.15) is 13.2 Å². The molecule has 0 spiro atoms. The predicted molar refractivity (Wildman–Crippen MR) is 77.8 cm³/mol. The molecular formula is C15H11ClF7NO. The van der Waals surface area contributed by atoms with Crippen LogP contribution in [0.3, 0.4) is 0 Å². The SMILES string of the molecule is Cl.N[C@@H](c1ccc(OC(F)(F)F)cc1)c1ccc(C(F)(F)F)cc1F. The Hall–Kier alpha value is -2.00. The van der Waals surface area contributed by atoms with Gasteiger partial charge in [0.2, 0.25) is 0 Å². The molecule has 0 bridgehead atoms. The van der Waals surface area contributed by atoms with Crippen molar-refractivity contribution in [3.63, 3.8) is 0 Å². The Bertz CT molecular complexity index is 713. The standard InChI is InChI=1S/C15H10F7NO.ClH/c16-12-7-9(14(17,18)19)3-6-11(12)13(23)8-1-4-10(5-2-8)24-15(20,21)22;/h1-7,13H,23H2;1H/t13-;/m0./s1. The molecule has 0 saturated heterocycles. The lowest BCUT2D eigenvalue weighted by Crippen LogP contribution is -2.17. The van der Waals surface area contributed by atoms with Crippen molar-refractivity contribution in [1.82, 2.24) is 0 Å². The van der Waals surface area contributed by atoms with Crippen LogP contribution in [0.1, 0.15) is 22.7 Å². The number of alkyl halides is 6. The average molecular weight is 390 g/mol. The highest BCUT2D eigenvalue weighted by molar-refractivity contribution is 5.85. The Morgan fingerprint density at radius 3 is 1.88 bits per heavy atom. The number of hydrogen-bond acceptors (Lipinski definition) is 2. The Morgan fingerprint density at radius 2 is 1.44 bits per heavy atom. The Balaban J connectivity index is 0.00000312. The maximum absolute atomic E-state index is 13.9. The summed E-state index contributed by atoms with van der Waals surface area (Å²) in [6.07, 6.45) is -9.55. The lowest BCUT2D eigenvalue weighted by atomic mass is 9.98. The average Bonchev–Trinajstić information content (AvgIpc) is 2.44. The van der Waals surface area contributed by atoms with Crippen LogP contribution in [0.2, 0.25) is 0 Å².